The predicted octanol–water partition coefficient (Wildman–Crippen LogP) is 5.07. The van der Waals surface area contributed by atoms with Crippen LogP contribution in [-0.2, 0) is 14.3 Å². The number of hydrogen-bond acceptors (Lipinski definition) is 11. The van der Waals surface area contributed by atoms with Gasteiger partial charge in [0.2, 0.25) is 5.75 Å². The second-order valence-corrected chi connectivity index (χ2v) is 10.2. The molecule has 222 valence electrons. The first-order valence-corrected chi connectivity index (χ1v) is 13.9. The van der Waals surface area contributed by atoms with Crippen LogP contribution in [-0.4, -0.2) is 62.8 Å². The third-order valence-electron chi connectivity index (χ3n) is 6.70. The summed E-state index contributed by atoms with van der Waals surface area (Å²) >= 11 is 0.901. The van der Waals surface area contributed by atoms with Gasteiger partial charge in [0.25, 0.3) is 5.78 Å². The van der Waals surface area contributed by atoms with Gasteiger partial charge in [-0.2, -0.15) is 0 Å². The highest BCUT2D eigenvalue weighted by atomic mass is 32.1. The van der Waals surface area contributed by atoms with Crippen LogP contribution in [0.5, 0.6) is 23.0 Å². The largest absolute Gasteiger partial charge is 0.507 e. The quantitative estimate of drug-likeness (QED) is 0.105. The van der Waals surface area contributed by atoms with Gasteiger partial charge in [0, 0.05) is 5.56 Å². The maximum Gasteiger partial charge on any atom is 0.350 e. The standard InChI is InChI=1S/C30H32N2O9S/c1-7-8-13-41-19-11-9-17(10-12-19)24(33)22-23(18-14-20(37-3)26(39-5)21(15-18)38-4)32(28(35)25(22)34)30-31-16(2)27(42-30)29(36)40-6/h9-12,14-15,23,33H,7-8,13H2,1-6H3/t23-/m1/s1. The number of Topliss-reactive ketones (excluding diaryl/α,β-unsaturated/α-hetero) is 1. The van der Waals surface area contributed by atoms with E-state index >= 15 is 0 Å². The van der Waals surface area contributed by atoms with Crippen LogP contribution in [0.2, 0.25) is 0 Å². The Balaban J connectivity index is 1.92. The fourth-order valence-electron chi connectivity index (χ4n) is 4.57. The van der Waals surface area contributed by atoms with Crippen LogP contribution in [0.4, 0.5) is 5.13 Å². The number of rotatable bonds is 11. The van der Waals surface area contributed by atoms with Gasteiger partial charge in [-0.05, 0) is 55.3 Å². The Kier molecular flexibility index (Phi) is 9.36. The summed E-state index contributed by atoms with van der Waals surface area (Å²) in [5, 5.41) is 11.6. The van der Waals surface area contributed by atoms with Crippen molar-refractivity contribution in [1.29, 1.82) is 0 Å². The Bertz CT molecular complexity index is 1500. The summed E-state index contributed by atoms with van der Waals surface area (Å²) in [6, 6.07) is 8.60. The van der Waals surface area contributed by atoms with Crippen molar-refractivity contribution in [1.82, 2.24) is 4.98 Å². The fourth-order valence-corrected chi connectivity index (χ4v) is 5.58. The van der Waals surface area contributed by atoms with Gasteiger partial charge in [0.05, 0.1) is 52.4 Å². The molecule has 0 bridgehead atoms. The average molecular weight is 597 g/mol. The van der Waals surface area contributed by atoms with Crippen LogP contribution in [0, 0.1) is 6.92 Å². The normalized spacial score (nSPS) is 16.0. The second-order valence-electron chi connectivity index (χ2n) is 9.26. The molecule has 1 atom stereocenters. The summed E-state index contributed by atoms with van der Waals surface area (Å²) in [4.78, 5) is 45.3. The molecule has 0 spiro atoms. The van der Waals surface area contributed by atoms with E-state index < -0.39 is 29.5 Å². The summed E-state index contributed by atoms with van der Waals surface area (Å²) < 4.78 is 27.0. The Hall–Kier alpha value is -4.58. The Morgan fingerprint density at radius 2 is 1.67 bits per heavy atom. The number of unbranched alkanes of at least 4 members (excludes halogenated alkanes) is 1. The van der Waals surface area contributed by atoms with Crippen molar-refractivity contribution in [2.24, 2.45) is 0 Å². The van der Waals surface area contributed by atoms with Gasteiger partial charge in [0.1, 0.15) is 16.4 Å². The Morgan fingerprint density at radius 1 is 1.02 bits per heavy atom. The van der Waals surface area contributed by atoms with Crippen molar-refractivity contribution < 1.29 is 43.2 Å². The van der Waals surface area contributed by atoms with Crippen molar-refractivity contribution in [2.75, 3.05) is 39.9 Å². The van der Waals surface area contributed by atoms with Gasteiger partial charge in [0.15, 0.2) is 16.6 Å². The van der Waals surface area contributed by atoms with Crippen LogP contribution in [0.25, 0.3) is 5.76 Å². The van der Waals surface area contributed by atoms with Gasteiger partial charge in [-0.15, -0.1) is 0 Å². The van der Waals surface area contributed by atoms with Crippen molar-refractivity contribution in [3.05, 3.63) is 63.7 Å². The molecule has 1 aromatic heterocycles. The number of carbonyl (C=O) groups is 3. The molecular weight excluding hydrogens is 564 g/mol. The number of ether oxygens (including phenoxy) is 5. The minimum absolute atomic E-state index is 0.0764. The molecule has 42 heavy (non-hydrogen) atoms. The second kappa shape index (κ2) is 12.9. The summed E-state index contributed by atoms with van der Waals surface area (Å²) in [5.74, 6) is -1.42. The first-order valence-electron chi connectivity index (χ1n) is 13.1. The highest BCUT2D eigenvalue weighted by molar-refractivity contribution is 7.17. The lowest BCUT2D eigenvalue weighted by molar-refractivity contribution is -0.132. The van der Waals surface area contributed by atoms with Crippen molar-refractivity contribution in [3.63, 3.8) is 0 Å². The number of aliphatic hydroxyl groups excluding tert-OH is 1. The zero-order valence-electron chi connectivity index (χ0n) is 24.2. The summed E-state index contributed by atoms with van der Waals surface area (Å²) in [7, 11) is 5.57. The number of ketones is 1. The number of aliphatic hydroxyl groups is 1. The number of esters is 1. The molecule has 0 saturated carbocycles. The molecule has 1 aliphatic rings. The summed E-state index contributed by atoms with van der Waals surface area (Å²) in [5.41, 5.74) is 0.823. The number of nitrogens with zero attached hydrogens (tertiary/aromatic N) is 2. The zero-order valence-corrected chi connectivity index (χ0v) is 25.0. The molecule has 1 saturated heterocycles. The van der Waals surface area contributed by atoms with E-state index in [1.165, 1.54) is 28.4 Å². The fraction of sp³-hybridized carbons (Fsp3) is 0.333. The van der Waals surface area contributed by atoms with Gasteiger partial charge in [-0.25, -0.2) is 9.78 Å². The van der Waals surface area contributed by atoms with E-state index in [9.17, 15) is 19.5 Å². The number of carbonyl (C=O) groups excluding carboxylic acids is 3. The van der Waals surface area contributed by atoms with E-state index in [-0.39, 0.29) is 27.1 Å². The number of hydrogen-bond donors (Lipinski definition) is 1. The zero-order chi connectivity index (χ0) is 30.6. The molecule has 11 nitrogen and oxygen atoms in total. The van der Waals surface area contributed by atoms with E-state index in [1.54, 1.807) is 43.3 Å². The number of anilines is 1. The minimum Gasteiger partial charge on any atom is -0.507 e. The van der Waals surface area contributed by atoms with E-state index in [2.05, 4.69) is 11.9 Å². The molecule has 2 heterocycles. The third-order valence-corrected chi connectivity index (χ3v) is 7.84. The Labute approximate surface area is 247 Å². The number of methoxy groups -OCH3 is 4. The lowest BCUT2D eigenvalue weighted by Gasteiger charge is -2.24. The number of aromatic nitrogens is 1. The third kappa shape index (κ3) is 5.62. The van der Waals surface area contributed by atoms with Crippen LogP contribution in [0.3, 0.4) is 0 Å². The van der Waals surface area contributed by atoms with E-state index in [4.69, 9.17) is 23.7 Å². The molecule has 0 aliphatic carbocycles. The molecule has 4 rings (SSSR count). The molecular formula is C30H32N2O9S. The predicted molar refractivity (Wildman–Crippen MR) is 156 cm³/mol. The highest BCUT2D eigenvalue weighted by Crippen LogP contribution is 2.48. The van der Waals surface area contributed by atoms with Crippen molar-refractivity contribution >= 4 is 39.9 Å². The topological polar surface area (TPSA) is 134 Å². The van der Waals surface area contributed by atoms with Gasteiger partial charge in [-0.1, -0.05) is 24.7 Å². The van der Waals surface area contributed by atoms with Crippen LogP contribution in [0.15, 0.2) is 42.0 Å². The number of aryl methyl sites for hydroxylation is 1. The number of amides is 1. The lowest BCUT2D eigenvalue weighted by atomic mass is 9.94. The monoisotopic (exact) mass is 596 g/mol. The van der Waals surface area contributed by atoms with Crippen LogP contribution < -0.4 is 23.8 Å². The van der Waals surface area contributed by atoms with Crippen LogP contribution >= 0.6 is 11.3 Å². The summed E-state index contributed by atoms with van der Waals surface area (Å²) in [6.45, 7) is 4.21. The van der Waals surface area contributed by atoms with Crippen LogP contribution in [0.1, 0.15) is 52.3 Å². The molecule has 3 aromatic rings. The molecule has 1 N–H and O–H groups in total. The number of thiazole rings is 1. The van der Waals surface area contributed by atoms with Crippen molar-refractivity contribution in [2.45, 2.75) is 32.7 Å². The molecule has 0 radical (unpaired) electrons. The molecule has 1 aliphatic heterocycles. The lowest BCUT2D eigenvalue weighted by Crippen LogP contribution is -2.29. The molecule has 12 heteroatoms. The minimum atomic E-state index is -1.16. The highest BCUT2D eigenvalue weighted by Gasteiger charge is 2.49. The molecule has 1 fully saturated rings. The summed E-state index contributed by atoms with van der Waals surface area (Å²) in [6.07, 6.45) is 1.88. The molecule has 2 aromatic carbocycles. The van der Waals surface area contributed by atoms with E-state index in [0.717, 1.165) is 29.1 Å². The maximum absolute atomic E-state index is 13.6. The molecule has 0 unspecified atom stereocenters. The van der Waals surface area contributed by atoms with E-state index in [1.807, 2.05) is 0 Å². The van der Waals surface area contributed by atoms with E-state index in [0.29, 0.717) is 34.9 Å². The Morgan fingerprint density at radius 3 is 2.21 bits per heavy atom. The van der Waals surface area contributed by atoms with Gasteiger partial charge < -0.3 is 28.8 Å². The average Bonchev–Trinajstić information content (AvgIpc) is 3.51. The first-order chi connectivity index (χ1) is 20.2. The molecule has 1 amide bonds. The number of benzene rings is 2. The maximum atomic E-state index is 13.6. The van der Waals surface area contributed by atoms with Gasteiger partial charge in [-0.3, -0.25) is 14.5 Å². The smallest absolute Gasteiger partial charge is 0.350 e. The van der Waals surface area contributed by atoms with Crippen molar-refractivity contribution in [3.8, 4) is 23.0 Å². The SMILES string of the molecule is CCCCOc1ccc(C(O)=C2C(=O)C(=O)N(c3nc(C)c(C(=O)OC)s3)[C@@H]2c2cc(OC)c(OC)c(OC)c2)cc1. The van der Waals surface area contributed by atoms with Gasteiger partial charge >= 0.3 is 11.9 Å². The first kappa shape index (κ1) is 30.4.